The number of nitrogen functional groups attached to an aromatic ring is 1. The van der Waals surface area contributed by atoms with Crippen LogP contribution in [-0.4, -0.2) is 0 Å². The lowest BCUT2D eigenvalue weighted by atomic mass is 9.66. The average molecular weight is 860 g/mol. The molecule has 0 aromatic heterocycles. The Morgan fingerprint density at radius 2 is 1.10 bits per heavy atom. The molecule has 0 amide bonds. The number of benzene rings is 8. The van der Waals surface area contributed by atoms with Crippen LogP contribution >= 0.6 is 0 Å². The van der Waals surface area contributed by atoms with Gasteiger partial charge in [0.25, 0.3) is 0 Å². The predicted octanol–water partition coefficient (Wildman–Crippen LogP) is 16.5. The fourth-order valence-corrected chi connectivity index (χ4v) is 9.32. The molecule has 0 heterocycles. The fourth-order valence-electron chi connectivity index (χ4n) is 9.32. The van der Waals surface area contributed by atoms with Crippen LogP contribution in [0.1, 0.15) is 44.5 Å². The summed E-state index contributed by atoms with van der Waals surface area (Å²) in [5, 5.41) is 2.46. The summed E-state index contributed by atoms with van der Waals surface area (Å²) < 4.78 is 0. The van der Waals surface area contributed by atoms with Crippen LogP contribution in [0, 0.1) is 0 Å². The Morgan fingerprint density at radius 3 is 1.85 bits per heavy atom. The minimum Gasteiger partial charge on any atom is -0.399 e. The van der Waals surface area contributed by atoms with Crippen molar-refractivity contribution in [3.8, 4) is 11.1 Å². The van der Waals surface area contributed by atoms with Crippen LogP contribution in [0.2, 0.25) is 0 Å². The van der Waals surface area contributed by atoms with Crippen LogP contribution in [0.5, 0.6) is 0 Å². The Morgan fingerprint density at radius 1 is 0.463 bits per heavy atom. The molecule has 1 atom stereocenters. The van der Waals surface area contributed by atoms with E-state index in [1.807, 2.05) is 48.6 Å². The zero-order valence-corrected chi connectivity index (χ0v) is 37.6. The molecule has 1 unspecified atom stereocenters. The fraction of sp³-hybridized carbons (Fsp3) is 0.0303. The second-order valence-electron chi connectivity index (χ2n) is 16.7. The first-order valence-corrected chi connectivity index (χ1v) is 22.9. The first kappa shape index (κ1) is 43.7. The highest BCUT2D eigenvalue weighted by atomic mass is 14.5. The van der Waals surface area contributed by atoms with E-state index in [1.54, 1.807) is 0 Å². The Kier molecular flexibility index (Phi) is 13.7. The van der Waals surface area contributed by atoms with E-state index in [2.05, 4.69) is 243 Å². The minimum atomic E-state index is -0.603. The third-order valence-electron chi connectivity index (χ3n) is 12.4. The number of fused-ring (bicyclic) bond motifs is 4. The van der Waals surface area contributed by atoms with Crippen molar-refractivity contribution in [2.45, 2.75) is 11.8 Å². The summed E-state index contributed by atoms with van der Waals surface area (Å²) in [6, 6.07) is 71.4. The van der Waals surface area contributed by atoms with Crippen molar-refractivity contribution in [1.82, 2.24) is 0 Å². The zero-order valence-electron chi connectivity index (χ0n) is 37.6. The maximum atomic E-state index is 5.36. The molecule has 0 saturated carbocycles. The predicted molar refractivity (Wildman–Crippen MR) is 289 cm³/mol. The third kappa shape index (κ3) is 9.78. The van der Waals surface area contributed by atoms with Crippen LogP contribution in [-0.2, 0) is 11.8 Å². The molecule has 0 bridgehead atoms. The Labute approximate surface area is 396 Å². The monoisotopic (exact) mass is 859 g/mol. The summed E-state index contributed by atoms with van der Waals surface area (Å²) in [4.78, 5) is 0. The van der Waals surface area contributed by atoms with Crippen molar-refractivity contribution in [3.05, 3.63) is 336 Å². The minimum absolute atomic E-state index is 0.603. The van der Waals surface area contributed by atoms with Crippen LogP contribution in [0.3, 0.4) is 0 Å². The highest BCUT2D eigenvalue weighted by Crippen LogP contribution is 2.58. The van der Waals surface area contributed by atoms with Gasteiger partial charge in [-0.25, -0.2) is 0 Å². The molecule has 0 saturated heterocycles. The van der Waals surface area contributed by atoms with E-state index < -0.39 is 5.41 Å². The first-order chi connectivity index (χ1) is 33.1. The molecule has 0 fully saturated rings. The van der Waals surface area contributed by atoms with Crippen LogP contribution in [0.15, 0.2) is 291 Å². The molecule has 0 aliphatic heterocycles. The van der Waals surface area contributed by atoms with Gasteiger partial charge in [-0.1, -0.05) is 268 Å². The molecule has 2 aliphatic rings. The Balaban J connectivity index is 0.000000737. The van der Waals surface area contributed by atoms with Crippen molar-refractivity contribution in [3.63, 3.8) is 0 Å². The van der Waals surface area contributed by atoms with E-state index in [-0.39, 0.29) is 0 Å². The summed E-state index contributed by atoms with van der Waals surface area (Å²) in [5.74, 6) is 0. The number of rotatable bonds is 9. The molecule has 10 rings (SSSR count). The summed E-state index contributed by atoms with van der Waals surface area (Å²) in [6.45, 7) is 3.87. The first-order valence-electron chi connectivity index (χ1n) is 22.9. The number of anilines is 1. The van der Waals surface area contributed by atoms with Gasteiger partial charge in [0.1, 0.15) is 0 Å². The summed E-state index contributed by atoms with van der Waals surface area (Å²) in [5.41, 5.74) is 21.6. The summed E-state index contributed by atoms with van der Waals surface area (Å²) in [7, 11) is 0. The third-order valence-corrected chi connectivity index (χ3v) is 12.4. The van der Waals surface area contributed by atoms with Gasteiger partial charge in [-0.15, -0.1) is 0 Å². The highest BCUT2D eigenvalue weighted by molar-refractivity contribution is 6.00. The molecule has 1 heteroatoms. The van der Waals surface area contributed by atoms with Crippen LogP contribution in [0.4, 0.5) is 5.69 Å². The van der Waals surface area contributed by atoms with Gasteiger partial charge in [-0.05, 0) is 114 Å². The maximum absolute atomic E-state index is 5.36. The maximum Gasteiger partial charge on any atom is 0.0719 e. The average Bonchev–Trinajstić information content (AvgIpc) is 3.63. The van der Waals surface area contributed by atoms with Crippen LogP contribution < -0.4 is 5.73 Å². The molecular formula is C66H53N. The molecule has 8 aromatic rings. The molecule has 2 N–H and O–H groups in total. The van der Waals surface area contributed by atoms with Gasteiger partial charge in [-0.2, -0.15) is 0 Å². The topological polar surface area (TPSA) is 26.0 Å². The number of nitrogens with two attached hydrogens (primary N) is 1. The molecule has 8 aromatic carbocycles. The Bertz CT molecular complexity index is 3240. The Hall–Kier alpha value is -8.52. The van der Waals surface area contributed by atoms with Crippen molar-refractivity contribution in [1.29, 1.82) is 0 Å². The largest absolute Gasteiger partial charge is 0.399 e. The molecule has 0 radical (unpaired) electrons. The molecule has 2 aliphatic carbocycles. The highest BCUT2D eigenvalue weighted by Gasteiger charge is 2.49. The lowest BCUT2D eigenvalue weighted by molar-refractivity contribution is 0.768. The van der Waals surface area contributed by atoms with Gasteiger partial charge < -0.3 is 5.73 Å². The van der Waals surface area contributed by atoms with E-state index in [1.165, 1.54) is 77.6 Å². The van der Waals surface area contributed by atoms with Crippen molar-refractivity contribution < 1.29 is 0 Å². The number of para-hydroxylation sites is 1. The van der Waals surface area contributed by atoms with Gasteiger partial charge in [0.15, 0.2) is 0 Å². The molecule has 0 spiro atoms. The van der Waals surface area contributed by atoms with Gasteiger partial charge in [0.2, 0.25) is 0 Å². The molecule has 1 nitrogen and oxygen atoms in total. The van der Waals surface area contributed by atoms with Gasteiger partial charge >= 0.3 is 0 Å². The standard InChI is InChI=1S/C60H46.C6H7N/c1-2-3-4-8-27-50-28-18-19-35-57(50)60(54-32-12-7-13-33-54)58-36-20-17-26-48(25-11-6-14-34-55(58)56-43-52-29-15-16-30-53(52)44-59(56)60)51-31-21-22-46(42-51)41-45-37-39-49(40-38-45)47-23-9-5-10-24-47;7-6-4-2-1-3-5-6/h2-40,42-44H,1,41H2;1-5H,7H2/b4-3-,11-6?,14-6+,20-17+,25-11-,26-17?,27-8-,34-14?,36-20?,48-25?,48-26+,55-34-,58-36+;. The SMILES string of the molecule is C=C/C=C\C=C/c1ccccc1C1(c2ccccc2)C2=C/C=C/C=C(c3cccc(Cc4ccc(-c5ccccc5)cc4)c3)\C=C/C=C/C=C\2c2cc3ccccc3cc21.Nc1ccccc1. The second kappa shape index (κ2) is 21.0. The van der Waals surface area contributed by atoms with Gasteiger partial charge in [0.05, 0.1) is 5.41 Å². The smallest absolute Gasteiger partial charge is 0.0719 e. The van der Waals surface area contributed by atoms with E-state index in [0.29, 0.717) is 0 Å². The van der Waals surface area contributed by atoms with E-state index >= 15 is 0 Å². The van der Waals surface area contributed by atoms with Crippen molar-refractivity contribution in [2.75, 3.05) is 5.73 Å². The number of allylic oxidation sites excluding steroid dienone is 16. The zero-order chi connectivity index (χ0) is 45.7. The van der Waals surface area contributed by atoms with Crippen LogP contribution in [0.25, 0.3) is 39.1 Å². The number of hydrogen-bond acceptors (Lipinski definition) is 1. The normalized spacial score (nSPS) is 19.1. The number of hydrogen-bond donors (Lipinski definition) is 1. The lowest BCUT2D eigenvalue weighted by Gasteiger charge is -2.35. The van der Waals surface area contributed by atoms with Crippen molar-refractivity contribution >= 4 is 33.7 Å². The molecular weight excluding hydrogens is 807 g/mol. The second-order valence-corrected chi connectivity index (χ2v) is 16.7. The van der Waals surface area contributed by atoms with Gasteiger partial charge in [0, 0.05) is 5.69 Å². The quantitative estimate of drug-likeness (QED) is 0.114. The van der Waals surface area contributed by atoms with Crippen molar-refractivity contribution in [2.24, 2.45) is 0 Å². The molecule has 67 heavy (non-hydrogen) atoms. The van der Waals surface area contributed by atoms with E-state index in [4.69, 9.17) is 5.73 Å². The van der Waals surface area contributed by atoms with E-state index in [9.17, 15) is 0 Å². The lowest BCUT2D eigenvalue weighted by Crippen LogP contribution is -2.29. The molecule has 322 valence electrons. The summed E-state index contributed by atoms with van der Waals surface area (Å²) in [6.07, 6.45) is 31.1. The van der Waals surface area contributed by atoms with Gasteiger partial charge in [-0.3, -0.25) is 0 Å². The van der Waals surface area contributed by atoms with E-state index in [0.717, 1.165) is 17.7 Å². The summed E-state index contributed by atoms with van der Waals surface area (Å²) >= 11 is 0.